The van der Waals surface area contributed by atoms with Crippen LogP contribution in [0.3, 0.4) is 0 Å². The van der Waals surface area contributed by atoms with Crippen LogP contribution in [0.2, 0.25) is 23.2 Å². The summed E-state index contributed by atoms with van der Waals surface area (Å²) in [5.41, 5.74) is 0.127. The Morgan fingerprint density at radius 2 is 1.82 bits per heavy atom. The van der Waals surface area contributed by atoms with Crippen molar-refractivity contribution in [2.75, 3.05) is 13.2 Å². The molecule has 2 saturated heterocycles. The van der Waals surface area contributed by atoms with Gasteiger partial charge in [-0.2, -0.15) is 5.26 Å². The number of halogens is 1. The number of benzene rings is 1. The van der Waals surface area contributed by atoms with Gasteiger partial charge in [0.1, 0.15) is 30.0 Å². The van der Waals surface area contributed by atoms with Crippen molar-refractivity contribution in [1.29, 1.82) is 5.26 Å². The molecular weight excluding hydrogens is 534 g/mol. The highest BCUT2D eigenvalue weighted by atomic mass is 35.5. The number of hydrogen-bond donors (Lipinski definition) is 0. The number of rotatable bonds is 7. The lowest BCUT2D eigenvalue weighted by Crippen LogP contribution is -2.53. The summed E-state index contributed by atoms with van der Waals surface area (Å²) in [4.78, 5) is 30.0. The fourth-order valence-electron chi connectivity index (χ4n) is 4.70. The summed E-state index contributed by atoms with van der Waals surface area (Å²) in [5, 5.41) is 10.2. The molecule has 2 fully saturated rings. The molecule has 0 radical (unpaired) electrons. The van der Waals surface area contributed by atoms with Crippen LogP contribution < -0.4 is 4.74 Å². The fourth-order valence-corrected chi connectivity index (χ4v) is 5.84. The maximum absolute atomic E-state index is 13.5. The maximum Gasteiger partial charge on any atom is 0.411 e. The molecule has 0 aromatic heterocycles. The topological polar surface area (TPSA) is 92.1 Å². The third-order valence-electron chi connectivity index (χ3n) is 7.93. The normalized spacial score (nSPS) is 22.1. The van der Waals surface area contributed by atoms with Gasteiger partial charge in [0, 0.05) is 17.1 Å². The Balaban J connectivity index is 1.79. The van der Waals surface area contributed by atoms with E-state index >= 15 is 0 Å². The van der Waals surface area contributed by atoms with Gasteiger partial charge in [0.05, 0.1) is 18.7 Å². The van der Waals surface area contributed by atoms with Crippen LogP contribution in [-0.2, 0) is 20.6 Å². The standard InChI is InChI=1S/C29H44ClN3O5Si/c1-28(2,3)38-27(35)33-23(12-13-24(33)26(34)32-15-9-10-22(32)17-31)19-36-25-14-11-21(30)16-20(25)18-37-39(7,8)29(4,5)6/h11,14,16,22-24H,9-10,12-13,15,18-19H2,1-8H3/t22-,23-,24+/m0/s1. The Bertz CT molecular complexity index is 1090. The first kappa shape index (κ1) is 31.2. The van der Waals surface area contributed by atoms with Gasteiger partial charge in [-0.25, -0.2) is 4.79 Å². The molecule has 3 rings (SSSR count). The van der Waals surface area contributed by atoms with Gasteiger partial charge in [0.15, 0.2) is 8.32 Å². The number of carbonyl (C=O) groups excluding carboxylic acids is 2. The highest BCUT2D eigenvalue weighted by molar-refractivity contribution is 6.74. The number of hydrogen-bond acceptors (Lipinski definition) is 6. The minimum Gasteiger partial charge on any atom is -0.491 e. The van der Waals surface area contributed by atoms with Crippen LogP contribution in [0, 0.1) is 11.3 Å². The molecule has 0 bridgehead atoms. The predicted octanol–water partition coefficient (Wildman–Crippen LogP) is 6.52. The predicted molar refractivity (Wildman–Crippen MR) is 154 cm³/mol. The summed E-state index contributed by atoms with van der Waals surface area (Å²) >= 11 is 6.32. The molecule has 10 heteroatoms. The Kier molecular flexibility index (Phi) is 9.67. The van der Waals surface area contributed by atoms with E-state index < -0.39 is 32.1 Å². The summed E-state index contributed by atoms with van der Waals surface area (Å²) in [5.74, 6) is 0.448. The van der Waals surface area contributed by atoms with Gasteiger partial charge in [-0.15, -0.1) is 0 Å². The number of nitrogens with zero attached hydrogens (tertiary/aromatic N) is 3. The highest BCUT2D eigenvalue weighted by Gasteiger charge is 2.46. The second-order valence-corrected chi connectivity index (χ2v) is 18.3. The van der Waals surface area contributed by atoms with E-state index in [0.717, 1.165) is 12.0 Å². The van der Waals surface area contributed by atoms with Crippen LogP contribution in [0.25, 0.3) is 0 Å². The molecule has 2 amide bonds. The first-order chi connectivity index (χ1) is 18.0. The summed E-state index contributed by atoms with van der Waals surface area (Å²) in [7, 11) is -2.00. The molecule has 0 saturated carbocycles. The van der Waals surface area contributed by atoms with Crippen molar-refractivity contribution < 1.29 is 23.5 Å². The Morgan fingerprint density at radius 3 is 2.44 bits per heavy atom. The lowest BCUT2D eigenvalue weighted by molar-refractivity contribution is -0.136. The number of amides is 2. The van der Waals surface area contributed by atoms with Gasteiger partial charge in [-0.3, -0.25) is 9.69 Å². The lowest BCUT2D eigenvalue weighted by Gasteiger charge is -2.36. The molecule has 39 heavy (non-hydrogen) atoms. The highest BCUT2D eigenvalue weighted by Crippen LogP contribution is 2.38. The Morgan fingerprint density at radius 1 is 1.13 bits per heavy atom. The van der Waals surface area contributed by atoms with Crippen LogP contribution in [0.4, 0.5) is 4.79 Å². The third kappa shape index (κ3) is 7.68. The molecule has 0 spiro atoms. The van der Waals surface area contributed by atoms with Gasteiger partial charge < -0.3 is 18.8 Å². The second kappa shape index (κ2) is 12.1. The Labute approximate surface area is 239 Å². The zero-order valence-corrected chi connectivity index (χ0v) is 26.4. The molecular formula is C29H44ClN3O5Si. The quantitative estimate of drug-likeness (QED) is 0.342. The molecule has 0 N–H and O–H groups in total. The van der Waals surface area contributed by atoms with E-state index in [0.29, 0.717) is 43.2 Å². The fraction of sp³-hybridized carbons (Fsp3) is 0.690. The van der Waals surface area contributed by atoms with Crippen molar-refractivity contribution in [2.24, 2.45) is 0 Å². The van der Waals surface area contributed by atoms with Crippen molar-refractivity contribution in [3.05, 3.63) is 28.8 Å². The summed E-state index contributed by atoms with van der Waals surface area (Å²) in [6.45, 7) is 17.5. The monoisotopic (exact) mass is 577 g/mol. The van der Waals surface area contributed by atoms with E-state index in [1.54, 1.807) is 31.7 Å². The van der Waals surface area contributed by atoms with E-state index in [1.807, 2.05) is 12.1 Å². The van der Waals surface area contributed by atoms with E-state index in [4.69, 9.17) is 25.5 Å². The molecule has 216 valence electrons. The number of ether oxygens (including phenoxy) is 2. The molecule has 2 heterocycles. The van der Waals surface area contributed by atoms with E-state index in [-0.39, 0.29) is 23.6 Å². The zero-order chi connectivity index (χ0) is 29.2. The smallest absolute Gasteiger partial charge is 0.411 e. The van der Waals surface area contributed by atoms with Crippen LogP contribution in [0.5, 0.6) is 5.75 Å². The van der Waals surface area contributed by atoms with Crippen molar-refractivity contribution in [1.82, 2.24) is 9.80 Å². The van der Waals surface area contributed by atoms with Gasteiger partial charge in [0.2, 0.25) is 5.91 Å². The van der Waals surface area contributed by atoms with Crippen LogP contribution in [0.1, 0.15) is 72.8 Å². The molecule has 1 aromatic rings. The average molecular weight is 578 g/mol. The van der Waals surface area contributed by atoms with Gasteiger partial charge >= 0.3 is 6.09 Å². The van der Waals surface area contributed by atoms with Crippen molar-refractivity contribution in [2.45, 2.75) is 116 Å². The number of nitriles is 1. The molecule has 3 atom stereocenters. The molecule has 0 aliphatic carbocycles. The second-order valence-electron chi connectivity index (χ2n) is 13.1. The Hall–Kier alpha value is -2.28. The summed E-state index contributed by atoms with van der Waals surface area (Å²) < 4.78 is 18.4. The lowest BCUT2D eigenvalue weighted by atomic mass is 10.1. The zero-order valence-electron chi connectivity index (χ0n) is 24.7. The van der Waals surface area contributed by atoms with Crippen LogP contribution in [0.15, 0.2) is 18.2 Å². The van der Waals surface area contributed by atoms with E-state index in [2.05, 4.69) is 39.9 Å². The van der Waals surface area contributed by atoms with E-state index in [9.17, 15) is 14.9 Å². The first-order valence-electron chi connectivity index (χ1n) is 13.8. The van der Waals surface area contributed by atoms with E-state index in [1.165, 1.54) is 4.90 Å². The molecule has 1 aromatic carbocycles. The maximum atomic E-state index is 13.5. The van der Waals surface area contributed by atoms with Crippen LogP contribution >= 0.6 is 11.6 Å². The SMILES string of the molecule is CC(C)(C)OC(=O)N1[C@H](COc2ccc(Cl)cc2CO[Si](C)(C)C(C)(C)C)CC[C@@H]1C(=O)N1CCC[C@H]1C#N. The third-order valence-corrected chi connectivity index (χ3v) is 12.6. The number of likely N-dealkylation sites (tertiary alicyclic amines) is 2. The number of carbonyl (C=O) groups is 2. The summed E-state index contributed by atoms with van der Waals surface area (Å²) in [6, 6.07) is 6.18. The molecule has 2 aliphatic rings. The molecule has 0 unspecified atom stereocenters. The van der Waals surface area contributed by atoms with Crippen molar-refractivity contribution in [3.8, 4) is 11.8 Å². The van der Waals surface area contributed by atoms with Crippen LogP contribution in [-0.4, -0.2) is 67.0 Å². The van der Waals surface area contributed by atoms with Gasteiger partial charge in [-0.05, 0) is 82.8 Å². The minimum atomic E-state index is -2.00. The van der Waals surface area contributed by atoms with Crippen molar-refractivity contribution in [3.63, 3.8) is 0 Å². The van der Waals surface area contributed by atoms with Gasteiger partial charge in [0.25, 0.3) is 0 Å². The molecule has 2 aliphatic heterocycles. The first-order valence-corrected chi connectivity index (χ1v) is 17.1. The molecule has 8 nitrogen and oxygen atoms in total. The average Bonchev–Trinajstić information content (AvgIpc) is 3.47. The largest absolute Gasteiger partial charge is 0.491 e. The van der Waals surface area contributed by atoms with Crippen molar-refractivity contribution >= 4 is 31.9 Å². The minimum absolute atomic E-state index is 0.0613. The summed E-state index contributed by atoms with van der Waals surface area (Å²) in [6.07, 6.45) is 1.97. The van der Waals surface area contributed by atoms with Gasteiger partial charge in [-0.1, -0.05) is 32.4 Å².